The molecule has 0 aromatic heterocycles. The standard InChI is InChI=1S/C15H33NS/c1-6-10-11-14(7-2)12-16-13-15(8-3,9-4)17-5/h14,16H,6-13H2,1-5H3. The zero-order valence-corrected chi connectivity index (χ0v) is 13.5. The molecule has 0 aromatic rings. The van der Waals surface area contributed by atoms with Gasteiger partial charge in [-0.15, -0.1) is 0 Å². The van der Waals surface area contributed by atoms with Crippen LogP contribution in [0.4, 0.5) is 0 Å². The van der Waals surface area contributed by atoms with E-state index in [1.165, 1.54) is 51.6 Å². The number of rotatable bonds is 11. The molecule has 17 heavy (non-hydrogen) atoms. The van der Waals surface area contributed by atoms with Crippen molar-refractivity contribution < 1.29 is 0 Å². The maximum absolute atomic E-state index is 3.72. The van der Waals surface area contributed by atoms with E-state index < -0.39 is 0 Å². The average Bonchev–Trinajstić information content (AvgIpc) is 2.39. The van der Waals surface area contributed by atoms with Crippen LogP contribution in [0.25, 0.3) is 0 Å². The first-order chi connectivity index (χ1) is 8.17. The van der Waals surface area contributed by atoms with Crippen LogP contribution in [0.5, 0.6) is 0 Å². The highest BCUT2D eigenvalue weighted by atomic mass is 32.2. The molecule has 1 unspecified atom stereocenters. The van der Waals surface area contributed by atoms with Crippen LogP contribution in [0.15, 0.2) is 0 Å². The predicted octanol–water partition coefficient (Wildman–Crippen LogP) is 4.71. The summed E-state index contributed by atoms with van der Waals surface area (Å²) in [5.74, 6) is 0.878. The number of hydrogen-bond donors (Lipinski definition) is 1. The van der Waals surface area contributed by atoms with E-state index in [2.05, 4.69) is 39.3 Å². The van der Waals surface area contributed by atoms with Gasteiger partial charge in [-0.05, 0) is 38.0 Å². The van der Waals surface area contributed by atoms with Gasteiger partial charge < -0.3 is 5.32 Å². The quantitative estimate of drug-likeness (QED) is 0.576. The fourth-order valence-electron chi connectivity index (χ4n) is 2.31. The molecular formula is C15H33NS. The van der Waals surface area contributed by atoms with Crippen molar-refractivity contribution in [2.24, 2.45) is 5.92 Å². The van der Waals surface area contributed by atoms with Gasteiger partial charge in [0.05, 0.1) is 0 Å². The molecule has 104 valence electrons. The smallest absolute Gasteiger partial charge is 0.0276 e. The fourth-order valence-corrected chi connectivity index (χ4v) is 3.13. The summed E-state index contributed by atoms with van der Waals surface area (Å²) in [5.41, 5.74) is 0. The molecule has 0 aromatic carbocycles. The molecule has 0 rings (SSSR count). The Morgan fingerprint density at radius 1 is 1.12 bits per heavy atom. The molecule has 0 fully saturated rings. The van der Waals surface area contributed by atoms with Gasteiger partial charge in [0.2, 0.25) is 0 Å². The van der Waals surface area contributed by atoms with Crippen LogP contribution >= 0.6 is 11.8 Å². The monoisotopic (exact) mass is 259 g/mol. The van der Waals surface area contributed by atoms with E-state index >= 15 is 0 Å². The van der Waals surface area contributed by atoms with Crippen LogP contribution < -0.4 is 5.32 Å². The van der Waals surface area contributed by atoms with Crippen molar-refractivity contribution in [1.82, 2.24) is 5.32 Å². The van der Waals surface area contributed by atoms with Crippen molar-refractivity contribution in [3.8, 4) is 0 Å². The van der Waals surface area contributed by atoms with Gasteiger partial charge in [0.25, 0.3) is 0 Å². The van der Waals surface area contributed by atoms with Gasteiger partial charge in [-0.2, -0.15) is 11.8 Å². The number of unbranched alkanes of at least 4 members (excludes halogenated alkanes) is 1. The Morgan fingerprint density at radius 2 is 1.76 bits per heavy atom. The topological polar surface area (TPSA) is 12.0 Å². The van der Waals surface area contributed by atoms with Gasteiger partial charge in [-0.3, -0.25) is 0 Å². The Kier molecular flexibility index (Phi) is 10.4. The zero-order chi connectivity index (χ0) is 13.1. The lowest BCUT2D eigenvalue weighted by atomic mass is 9.98. The van der Waals surface area contributed by atoms with Crippen LogP contribution in [0.3, 0.4) is 0 Å². The van der Waals surface area contributed by atoms with Crippen LogP contribution in [0.2, 0.25) is 0 Å². The molecule has 0 heterocycles. The molecule has 0 aliphatic carbocycles. The van der Waals surface area contributed by atoms with Crippen molar-refractivity contribution >= 4 is 11.8 Å². The number of thioether (sulfide) groups is 1. The summed E-state index contributed by atoms with van der Waals surface area (Å²) in [6, 6.07) is 0. The van der Waals surface area contributed by atoms with Gasteiger partial charge >= 0.3 is 0 Å². The summed E-state index contributed by atoms with van der Waals surface area (Å²) in [4.78, 5) is 0. The SMILES string of the molecule is CCCCC(CC)CNCC(CC)(CC)SC. The first-order valence-electron chi connectivity index (χ1n) is 7.43. The van der Waals surface area contributed by atoms with Crippen molar-refractivity contribution in [3.63, 3.8) is 0 Å². The largest absolute Gasteiger partial charge is 0.315 e. The molecule has 0 saturated heterocycles. The molecule has 2 heteroatoms. The minimum atomic E-state index is 0.461. The average molecular weight is 260 g/mol. The highest BCUT2D eigenvalue weighted by molar-refractivity contribution is 8.00. The minimum Gasteiger partial charge on any atom is -0.315 e. The third kappa shape index (κ3) is 6.71. The summed E-state index contributed by atoms with van der Waals surface area (Å²) in [6.45, 7) is 11.6. The Labute approximate surface area is 114 Å². The van der Waals surface area contributed by atoms with Crippen molar-refractivity contribution in [3.05, 3.63) is 0 Å². The molecular weight excluding hydrogens is 226 g/mol. The van der Waals surface area contributed by atoms with Crippen molar-refractivity contribution in [2.45, 2.75) is 71.0 Å². The lowest BCUT2D eigenvalue weighted by molar-refractivity contribution is 0.397. The molecule has 0 aliphatic rings. The fraction of sp³-hybridized carbons (Fsp3) is 1.00. The van der Waals surface area contributed by atoms with E-state index in [-0.39, 0.29) is 0 Å². The van der Waals surface area contributed by atoms with E-state index in [0.29, 0.717) is 4.75 Å². The van der Waals surface area contributed by atoms with Crippen LogP contribution in [-0.4, -0.2) is 24.1 Å². The first-order valence-corrected chi connectivity index (χ1v) is 8.66. The zero-order valence-electron chi connectivity index (χ0n) is 12.6. The molecule has 0 amide bonds. The molecule has 1 nitrogen and oxygen atoms in total. The lowest BCUT2D eigenvalue weighted by Gasteiger charge is -2.30. The van der Waals surface area contributed by atoms with E-state index in [9.17, 15) is 0 Å². The van der Waals surface area contributed by atoms with Gasteiger partial charge in [-0.1, -0.05) is 47.0 Å². The third-order valence-corrected chi connectivity index (χ3v) is 5.73. The highest BCUT2D eigenvalue weighted by Gasteiger charge is 2.24. The summed E-state index contributed by atoms with van der Waals surface area (Å²) >= 11 is 2.03. The molecule has 1 N–H and O–H groups in total. The van der Waals surface area contributed by atoms with E-state index in [1.54, 1.807) is 0 Å². The van der Waals surface area contributed by atoms with E-state index in [1.807, 2.05) is 11.8 Å². The highest BCUT2D eigenvalue weighted by Crippen LogP contribution is 2.29. The second-order valence-electron chi connectivity index (χ2n) is 5.14. The van der Waals surface area contributed by atoms with E-state index in [4.69, 9.17) is 0 Å². The van der Waals surface area contributed by atoms with E-state index in [0.717, 1.165) is 5.92 Å². The second-order valence-corrected chi connectivity index (χ2v) is 6.42. The third-order valence-electron chi connectivity index (χ3n) is 4.15. The Hall–Kier alpha value is 0.310. The number of hydrogen-bond acceptors (Lipinski definition) is 2. The summed E-state index contributed by atoms with van der Waals surface area (Å²) in [5, 5.41) is 3.72. The van der Waals surface area contributed by atoms with Crippen molar-refractivity contribution in [1.29, 1.82) is 0 Å². The molecule has 0 radical (unpaired) electrons. The molecule has 0 spiro atoms. The van der Waals surface area contributed by atoms with Crippen LogP contribution in [-0.2, 0) is 0 Å². The molecule has 0 saturated carbocycles. The van der Waals surface area contributed by atoms with Crippen LogP contribution in [0.1, 0.15) is 66.2 Å². The van der Waals surface area contributed by atoms with Gasteiger partial charge in [0.1, 0.15) is 0 Å². The Morgan fingerprint density at radius 3 is 2.18 bits per heavy atom. The predicted molar refractivity (Wildman–Crippen MR) is 83.0 cm³/mol. The second kappa shape index (κ2) is 10.3. The summed E-state index contributed by atoms with van der Waals surface area (Å²) in [7, 11) is 0. The van der Waals surface area contributed by atoms with Gasteiger partial charge in [0, 0.05) is 11.3 Å². The first kappa shape index (κ1) is 17.3. The van der Waals surface area contributed by atoms with Crippen molar-refractivity contribution in [2.75, 3.05) is 19.3 Å². The van der Waals surface area contributed by atoms with Gasteiger partial charge in [-0.25, -0.2) is 0 Å². The van der Waals surface area contributed by atoms with Crippen LogP contribution in [0, 0.1) is 5.92 Å². The Bertz CT molecular complexity index is 158. The van der Waals surface area contributed by atoms with Gasteiger partial charge in [0.15, 0.2) is 0 Å². The summed E-state index contributed by atoms with van der Waals surface area (Å²) in [6.07, 6.45) is 10.2. The maximum atomic E-state index is 3.72. The maximum Gasteiger partial charge on any atom is 0.0276 e. The molecule has 0 bridgehead atoms. The molecule has 0 aliphatic heterocycles. The summed E-state index contributed by atoms with van der Waals surface area (Å²) < 4.78 is 0.461. The lowest BCUT2D eigenvalue weighted by Crippen LogP contribution is -2.38. The normalized spacial score (nSPS) is 13.9. The number of nitrogens with one attached hydrogen (secondary N) is 1. The Balaban J connectivity index is 3.92. The minimum absolute atomic E-state index is 0.461. The molecule has 1 atom stereocenters.